The van der Waals surface area contributed by atoms with E-state index in [9.17, 15) is 0 Å². The predicted octanol–water partition coefficient (Wildman–Crippen LogP) is 1.65. The molecule has 0 saturated carbocycles. The van der Waals surface area contributed by atoms with Crippen LogP contribution in [0.4, 0.5) is 0 Å². The zero-order valence-corrected chi connectivity index (χ0v) is 11.3. The Bertz CT molecular complexity index is 874. The number of aryl methyl sites for hydroxylation is 1. The van der Waals surface area contributed by atoms with Gasteiger partial charge in [0.25, 0.3) is 0 Å². The van der Waals surface area contributed by atoms with Crippen molar-refractivity contribution in [2.75, 3.05) is 0 Å². The van der Waals surface area contributed by atoms with Gasteiger partial charge < -0.3 is 0 Å². The zero-order chi connectivity index (χ0) is 13.5. The molecule has 0 amide bonds. The van der Waals surface area contributed by atoms with Crippen LogP contribution in [0.5, 0.6) is 0 Å². The van der Waals surface area contributed by atoms with Crippen molar-refractivity contribution in [3.63, 3.8) is 0 Å². The highest BCUT2D eigenvalue weighted by molar-refractivity contribution is 7.19. The summed E-state index contributed by atoms with van der Waals surface area (Å²) < 4.78 is 3.48. The summed E-state index contributed by atoms with van der Waals surface area (Å²) in [6.45, 7) is 0. The second-order valence-corrected chi connectivity index (χ2v) is 5.20. The number of hydrogen-bond donors (Lipinski definition) is 0. The van der Waals surface area contributed by atoms with Crippen LogP contribution in [0.3, 0.4) is 0 Å². The van der Waals surface area contributed by atoms with Gasteiger partial charge in [-0.15, -0.1) is 10.2 Å². The number of hydrogen-bond acceptors (Lipinski definition) is 6. The number of rotatable bonds is 2. The molecule has 0 atom stereocenters. The monoisotopic (exact) mass is 283 g/mol. The molecule has 4 heterocycles. The molecular weight excluding hydrogens is 274 g/mol. The standard InChI is InChI=1S/C12H9N7S/c1-18-6-4-9(16-18)11-17-19-10(14-15-12(19)20-11)8-3-2-5-13-7-8/h2-7H,1H3. The topological polar surface area (TPSA) is 73.8 Å². The van der Waals surface area contributed by atoms with Gasteiger partial charge in [0.15, 0.2) is 10.8 Å². The zero-order valence-electron chi connectivity index (χ0n) is 10.5. The largest absolute Gasteiger partial charge is 0.275 e. The van der Waals surface area contributed by atoms with Gasteiger partial charge in [-0.3, -0.25) is 9.67 Å². The molecule has 98 valence electrons. The van der Waals surface area contributed by atoms with Crippen molar-refractivity contribution < 1.29 is 0 Å². The highest BCUT2D eigenvalue weighted by atomic mass is 32.1. The van der Waals surface area contributed by atoms with E-state index in [1.807, 2.05) is 31.4 Å². The van der Waals surface area contributed by atoms with E-state index in [0.29, 0.717) is 5.82 Å². The third-order valence-corrected chi connectivity index (χ3v) is 3.76. The lowest BCUT2D eigenvalue weighted by Gasteiger charge is -1.94. The van der Waals surface area contributed by atoms with Crippen LogP contribution in [0, 0.1) is 0 Å². The minimum atomic E-state index is 0.687. The van der Waals surface area contributed by atoms with Gasteiger partial charge in [-0.25, -0.2) is 0 Å². The lowest BCUT2D eigenvalue weighted by atomic mass is 10.3. The fraction of sp³-hybridized carbons (Fsp3) is 0.0833. The molecule has 7 nitrogen and oxygen atoms in total. The second-order valence-electron chi connectivity index (χ2n) is 4.24. The van der Waals surface area contributed by atoms with Crippen LogP contribution in [0.1, 0.15) is 0 Å². The second kappa shape index (κ2) is 4.20. The van der Waals surface area contributed by atoms with Crippen molar-refractivity contribution >= 4 is 16.3 Å². The van der Waals surface area contributed by atoms with Crippen LogP contribution in [-0.2, 0) is 7.05 Å². The number of aromatic nitrogens is 7. The van der Waals surface area contributed by atoms with Crippen LogP contribution < -0.4 is 0 Å². The molecule has 0 fully saturated rings. The van der Waals surface area contributed by atoms with Crippen molar-refractivity contribution in [3.8, 4) is 22.1 Å². The Labute approximate surface area is 117 Å². The maximum atomic E-state index is 4.54. The Morgan fingerprint density at radius 1 is 1.15 bits per heavy atom. The Hall–Kier alpha value is -2.61. The van der Waals surface area contributed by atoms with Crippen molar-refractivity contribution in [1.29, 1.82) is 0 Å². The Morgan fingerprint density at radius 3 is 2.85 bits per heavy atom. The van der Waals surface area contributed by atoms with Gasteiger partial charge in [-0.05, 0) is 18.2 Å². The quantitative estimate of drug-likeness (QED) is 0.559. The van der Waals surface area contributed by atoms with E-state index < -0.39 is 0 Å². The minimum absolute atomic E-state index is 0.687. The average molecular weight is 283 g/mol. The molecule has 0 aromatic carbocycles. The van der Waals surface area contributed by atoms with Crippen molar-refractivity contribution in [3.05, 3.63) is 36.8 Å². The van der Waals surface area contributed by atoms with Gasteiger partial charge in [0.1, 0.15) is 5.69 Å². The lowest BCUT2D eigenvalue weighted by Crippen LogP contribution is -1.92. The molecular formula is C12H9N7S. The van der Waals surface area contributed by atoms with Crippen LogP contribution in [0.15, 0.2) is 36.8 Å². The molecule has 8 heteroatoms. The van der Waals surface area contributed by atoms with Crippen molar-refractivity contribution in [1.82, 2.24) is 34.6 Å². The number of pyridine rings is 1. The molecule has 4 rings (SSSR count). The molecule has 0 radical (unpaired) electrons. The fourth-order valence-corrected chi connectivity index (χ4v) is 2.73. The van der Waals surface area contributed by atoms with Gasteiger partial charge in [-0.1, -0.05) is 11.3 Å². The van der Waals surface area contributed by atoms with Gasteiger partial charge in [-0.2, -0.15) is 14.7 Å². The summed E-state index contributed by atoms with van der Waals surface area (Å²) in [4.78, 5) is 4.83. The Kier molecular flexibility index (Phi) is 2.36. The van der Waals surface area contributed by atoms with E-state index in [1.54, 1.807) is 21.6 Å². The van der Waals surface area contributed by atoms with Gasteiger partial charge in [0.2, 0.25) is 4.96 Å². The predicted molar refractivity (Wildman–Crippen MR) is 74.1 cm³/mol. The van der Waals surface area contributed by atoms with Crippen molar-refractivity contribution in [2.24, 2.45) is 7.05 Å². The van der Waals surface area contributed by atoms with E-state index in [-0.39, 0.29) is 0 Å². The molecule has 0 N–H and O–H groups in total. The van der Waals surface area contributed by atoms with E-state index in [0.717, 1.165) is 21.2 Å². The first-order valence-electron chi connectivity index (χ1n) is 5.94. The van der Waals surface area contributed by atoms with Crippen LogP contribution in [-0.4, -0.2) is 34.6 Å². The third-order valence-electron chi connectivity index (χ3n) is 2.84. The first-order valence-corrected chi connectivity index (χ1v) is 6.75. The summed E-state index contributed by atoms with van der Waals surface area (Å²) in [7, 11) is 1.88. The SMILES string of the molecule is Cn1ccc(-c2nn3c(-c4cccnc4)nnc3s2)n1. The molecule has 0 spiro atoms. The van der Waals surface area contributed by atoms with E-state index in [4.69, 9.17) is 0 Å². The summed E-state index contributed by atoms with van der Waals surface area (Å²) in [6, 6.07) is 5.72. The highest BCUT2D eigenvalue weighted by Gasteiger charge is 2.15. The molecule has 4 aromatic rings. The number of fused-ring (bicyclic) bond motifs is 1. The number of nitrogens with zero attached hydrogens (tertiary/aromatic N) is 7. The highest BCUT2D eigenvalue weighted by Crippen LogP contribution is 2.26. The van der Waals surface area contributed by atoms with Crippen LogP contribution >= 0.6 is 11.3 Å². The van der Waals surface area contributed by atoms with Crippen molar-refractivity contribution in [2.45, 2.75) is 0 Å². The fourth-order valence-electron chi connectivity index (χ4n) is 1.92. The van der Waals surface area contributed by atoms with Crippen LogP contribution in [0.25, 0.3) is 27.1 Å². The van der Waals surface area contributed by atoms with E-state index in [1.165, 1.54) is 11.3 Å². The summed E-state index contributed by atoms with van der Waals surface area (Å²) in [5.41, 5.74) is 1.72. The maximum Gasteiger partial charge on any atom is 0.235 e. The maximum absolute atomic E-state index is 4.54. The summed E-state index contributed by atoms with van der Waals surface area (Å²) in [6.07, 6.45) is 5.36. The first-order chi connectivity index (χ1) is 9.81. The molecule has 0 aliphatic rings. The molecule has 0 bridgehead atoms. The van der Waals surface area contributed by atoms with Gasteiger partial charge in [0, 0.05) is 31.2 Å². The molecule has 20 heavy (non-hydrogen) atoms. The summed E-state index contributed by atoms with van der Waals surface area (Å²) >= 11 is 1.46. The summed E-state index contributed by atoms with van der Waals surface area (Å²) in [5, 5.41) is 18.0. The Morgan fingerprint density at radius 2 is 2.10 bits per heavy atom. The summed E-state index contributed by atoms with van der Waals surface area (Å²) in [5.74, 6) is 0.687. The minimum Gasteiger partial charge on any atom is -0.275 e. The van der Waals surface area contributed by atoms with Crippen LogP contribution in [0.2, 0.25) is 0 Å². The van der Waals surface area contributed by atoms with E-state index in [2.05, 4.69) is 25.4 Å². The van der Waals surface area contributed by atoms with Gasteiger partial charge in [0.05, 0.1) is 0 Å². The van der Waals surface area contributed by atoms with E-state index >= 15 is 0 Å². The first kappa shape index (κ1) is 11.2. The third kappa shape index (κ3) is 1.69. The molecule has 4 aromatic heterocycles. The lowest BCUT2D eigenvalue weighted by molar-refractivity contribution is 0.769. The Balaban J connectivity index is 1.87. The smallest absolute Gasteiger partial charge is 0.235 e. The normalized spacial score (nSPS) is 11.2. The molecule has 0 saturated heterocycles. The molecule has 0 unspecified atom stereocenters. The average Bonchev–Trinajstić information content (AvgIpc) is 3.13. The molecule has 0 aliphatic carbocycles. The van der Waals surface area contributed by atoms with Gasteiger partial charge >= 0.3 is 0 Å². The molecule has 0 aliphatic heterocycles.